The Hall–Kier alpha value is -0.940. The van der Waals surface area contributed by atoms with Gasteiger partial charge in [-0.1, -0.05) is 0 Å². The molecule has 0 spiro atoms. The van der Waals surface area contributed by atoms with Crippen molar-refractivity contribution >= 4 is 21.8 Å². The molecular weight excluding hydrogens is 287 g/mol. The summed E-state index contributed by atoms with van der Waals surface area (Å²) in [6, 6.07) is 4.12. The molecule has 1 aromatic rings. The molecule has 0 aromatic heterocycles. The van der Waals surface area contributed by atoms with E-state index in [1.165, 1.54) is 12.1 Å². The highest BCUT2D eigenvalue weighted by atomic mass is 79.9. The van der Waals surface area contributed by atoms with Crippen molar-refractivity contribution in [3.05, 3.63) is 34.1 Å². The average molecular weight is 303 g/mol. The van der Waals surface area contributed by atoms with Gasteiger partial charge in [-0.2, -0.15) is 0 Å². The fraction of sp³-hybridized carbons (Fsp3) is 0.417. The molecule has 1 rings (SSSR count). The number of hydrogen-bond acceptors (Lipinski definition) is 2. The Balaban J connectivity index is 2.71. The van der Waals surface area contributed by atoms with Crippen molar-refractivity contribution < 1.29 is 9.18 Å². The Labute approximate surface area is 109 Å². The van der Waals surface area contributed by atoms with E-state index in [1.54, 1.807) is 18.0 Å². The number of benzene rings is 1. The summed E-state index contributed by atoms with van der Waals surface area (Å²) >= 11 is 3.25. The van der Waals surface area contributed by atoms with Crippen LogP contribution in [0.15, 0.2) is 22.7 Å². The summed E-state index contributed by atoms with van der Waals surface area (Å²) in [4.78, 5) is 13.6. The molecule has 0 aliphatic carbocycles. The number of rotatable bonds is 5. The molecule has 1 amide bonds. The Morgan fingerprint density at radius 1 is 1.53 bits per heavy atom. The van der Waals surface area contributed by atoms with Gasteiger partial charge in [-0.15, -0.1) is 0 Å². The predicted molar refractivity (Wildman–Crippen MR) is 69.6 cm³/mol. The molecule has 0 unspecified atom stereocenters. The van der Waals surface area contributed by atoms with Crippen LogP contribution in [0, 0.1) is 5.82 Å². The highest BCUT2D eigenvalue weighted by Crippen LogP contribution is 2.19. The molecule has 0 heterocycles. The normalized spacial score (nSPS) is 10.4. The molecule has 0 atom stereocenters. The lowest BCUT2D eigenvalue weighted by Crippen LogP contribution is -2.29. The van der Waals surface area contributed by atoms with Crippen molar-refractivity contribution in [2.75, 3.05) is 27.2 Å². The van der Waals surface area contributed by atoms with Gasteiger partial charge in [0, 0.05) is 18.1 Å². The van der Waals surface area contributed by atoms with Crippen LogP contribution in [0.2, 0.25) is 0 Å². The summed E-state index contributed by atoms with van der Waals surface area (Å²) in [5.41, 5.74) is 0.358. The number of halogens is 2. The van der Waals surface area contributed by atoms with E-state index < -0.39 is 5.82 Å². The monoisotopic (exact) mass is 302 g/mol. The van der Waals surface area contributed by atoms with Crippen molar-refractivity contribution in [1.82, 2.24) is 10.2 Å². The predicted octanol–water partition coefficient (Wildman–Crippen LogP) is 2.27. The first-order valence-corrected chi connectivity index (χ1v) is 6.20. The lowest BCUT2D eigenvalue weighted by Gasteiger charge is -2.17. The maximum absolute atomic E-state index is 13.1. The Kier molecular flexibility index (Phi) is 5.58. The summed E-state index contributed by atoms with van der Waals surface area (Å²) < 4.78 is 13.7. The van der Waals surface area contributed by atoms with E-state index in [2.05, 4.69) is 21.2 Å². The first kappa shape index (κ1) is 14.1. The van der Waals surface area contributed by atoms with Gasteiger partial charge in [-0.25, -0.2) is 4.39 Å². The van der Waals surface area contributed by atoms with Crippen molar-refractivity contribution in [3.8, 4) is 0 Å². The van der Waals surface area contributed by atoms with E-state index in [0.717, 1.165) is 13.0 Å². The number of amides is 1. The molecule has 1 N–H and O–H groups in total. The molecular formula is C12H16BrFN2O. The van der Waals surface area contributed by atoms with E-state index in [-0.39, 0.29) is 5.91 Å². The fourth-order valence-corrected chi connectivity index (χ4v) is 1.88. The van der Waals surface area contributed by atoms with Gasteiger partial charge in [0.25, 0.3) is 5.91 Å². The molecule has 94 valence electrons. The van der Waals surface area contributed by atoms with E-state index in [9.17, 15) is 9.18 Å². The van der Waals surface area contributed by atoms with E-state index in [1.807, 2.05) is 7.05 Å². The zero-order valence-electron chi connectivity index (χ0n) is 9.96. The third-order valence-corrected chi connectivity index (χ3v) is 3.12. The van der Waals surface area contributed by atoms with Crippen molar-refractivity contribution in [2.45, 2.75) is 6.42 Å². The van der Waals surface area contributed by atoms with E-state index in [4.69, 9.17) is 0 Å². The highest BCUT2D eigenvalue weighted by Gasteiger charge is 2.15. The van der Waals surface area contributed by atoms with Gasteiger partial charge in [-0.3, -0.25) is 4.79 Å². The minimum Gasteiger partial charge on any atom is -0.342 e. The lowest BCUT2D eigenvalue weighted by molar-refractivity contribution is 0.0792. The summed E-state index contributed by atoms with van der Waals surface area (Å²) in [5.74, 6) is -0.576. The van der Waals surface area contributed by atoms with Gasteiger partial charge in [0.15, 0.2) is 0 Å². The van der Waals surface area contributed by atoms with Gasteiger partial charge in [-0.05, 0) is 54.1 Å². The Morgan fingerprint density at radius 3 is 2.88 bits per heavy atom. The molecule has 0 saturated heterocycles. The minimum absolute atomic E-state index is 0.174. The second kappa shape index (κ2) is 6.71. The molecule has 1 aromatic carbocycles. The molecule has 0 fully saturated rings. The van der Waals surface area contributed by atoms with Crippen LogP contribution in [0.1, 0.15) is 16.8 Å². The summed E-state index contributed by atoms with van der Waals surface area (Å²) in [7, 11) is 3.58. The summed E-state index contributed by atoms with van der Waals surface area (Å²) in [6.45, 7) is 1.49. The quantitative estimate of drug-likeness (QED) is 0.846. The highest BCUT2D eigenvalue weighted by molar-refractivity contribution is 9.10. The maximum atomic E-state index is 13.1. The molecule has 0 bridgehead atoms. The average Bonchev–Trinajstić information content (AvgIpc) is 2.31. The van der Waals surface area contributed by atoms with E-state index >= 15 is 0 Å². The number of carbonyl (C=O) groups is 1. The number of nitrogens with zero attached hydrogens (tertiary/aromatic N) is 1. The molecule has 0 aliphatic heterocycles. The van der Waals surface area contributed by atoms with Gasteiger partial charge in [0.05, 0.1) is 5.56 Å². The third kappa shape index (κ3) is 4.09. The van der Waals surface area contributed by atoms with Crippen molar-refractivity contribution in [3.63, 3.8) is 0 Å². The first-order valence-electron chi connectivity index (χ1n) is 5.41. The molecule has 0 radical (unpaired) electrons. The maximum Gasteiger partial charge on any atom is 0.254 e. The van der Waals surface area contributed by atoms with Crippen molar-refractivity contribution in [2.24, 2.45) is 0 Å². The molecule has 3 nitrogen and oxygen atoms in total. The smallest absolute Gasteiger partial charge is 0.254 e. The number of carbonyl (C=O) groups excluding carboxylic acids is 1. The summed E-state index contributed by atoms with van der Waals surface area (Å²) in [6.07, 6.45) is 0.867. The minimum atomic E-state index is -0.403. The van der Waals surface area contributed by atoms with Crippen molar-refractivity contribution in [1.29, 1.82) is 0 Å². The second-order valence-corrected chi connectivity index (χ2v) is 4.66. The standard InChI is InChI=1S/C12H16BrFN2O/c1-15-6-3-7-16(2)12(17)10-8-9(14)4-5-11(10)13/h4-5,8,15H,3,6-7H2,1-2H3. The Morgan fingerprint density at radius 2 is 2.24 bits per heavy atom. The molecule has 5 heteroatoms. The van der Waals surface area contributed by atoms with Gasteiger partial charge >= 0.3 is 0 Å². The van der Waals surface area contributed by atoms with Crippen LogP contribution in [-0.2, 0) is 0 Å². The van der Waals surface area contributed by atoms with E-state index in [0.29, 0.717) is 16.6 Å². The third-order valence-electron chi connectivity index (χ3n) is 2.43. The SMILES string of the molecule is CNCCCN(C)C(=O)c1cc(F)ccc1Br. The van der Waals surface area contributed by atoms with Crippen LogP contribution in [-0.4, -0.2) is 38.0 Å². The molecule has 0 saturated carbocycles. The summed E-state index contributed by atoms with van der Waals surface area (Å²) in [5, 5.41) is 3.02. The lowest BCUT2D eigenvalue weighted by atomic mass is 10.2. The van der Waals surface area contributed by atoms with Crippen LogP contribution < -0.4 is 5.32 Å². The van der Waals surface area contributed by atoms with Gasteiger partial charge in [0.1, 0.15) is 5.82 Å². The van der Waals surface area contributed by atoms with Crippen LogP contribution in [0.4, 0.5) is 4.39 Å². The van der Waals surface area contributed by atoms with Gasteiger partial charge in [0.2, 0.25) is 0 Å². The van der Waals surface area contributed by atoms with Crippen LogP contribution in [0.25, 0.3) is 0 Å². The largest absolute Gasteiger partial charge is 0.342 e. The topological polar surface area (TPSA) is 32.3 Å². The van der Waals surface area contributed by atoms with Crippen LogP contribution >= 0.6 is 15.9 Å². The Bertz CT molecular complexity index is 398. The van der Waals surface area contributed by atoms with Crippen LogP contribution in [0.3, 0.4) is 0 Å². The number of nitrogens with one attached hydrogen (secondary N) is 1. The zero-order valence-corrected chi connectivity index (χ0v) is 11.6. The first-order chi connectivity index (χ1) is 8.06. The molecule has 0 aliphatic rings. The number of hydrogen-bond donors (Lipinski definition) is 1. The molecule has 17 heavy (non-hydrogen) atoms. The van der Waals surface area contributed by atoms with Gasteiger partial charge < -0.3 is 10.2 Å². The zero-order chi connectivity index (χ0) is 12.8. The second-order valence-electron chi connectivity index (χ2n) is 3.81. The fourth-order valence-electron chi connectivity index (χ4n) is 1.46. The van der Waals surface area contributed by atoms with Crippen LogP contribution in [0.5, 0.6) is 0 Å².